The molecule has 4 nitrogen and oxygen atoms in total. The van der Waals surface area contributed by atoms with Gasteiger partial charge in [-0.1, -0.05) is 133 Å². The highest BCUT2D eigenvalue weighted by atomic mass is 16.3. The van der Waals surface area contributed by atoms with E-state index in [-0.39, 0.29) is 6.29 Å². The van der Waals surface area contributed by atoms with Gasteiger partial charge in [0.1, 0.15) is 11.2 Å². The van der Waals surface area contributed by atoms with Crippen molar-refractivity contribution in [2.24, 2.45) is 4.99 Å². The predicted octanol–water partition coefficient (Wildman–Crippen LogP) is 11.8. The molecule has 1 atom stereocenters. The van der Waals surface area contributed by atoms with Crippen molar-refractivity contribution in [3.05, 3.63) is 182 Å². The van der Waals surface area contributed by atoms with Gasteiger partial charge in [0, 0.05) is 33.3 Å². The average Bonchev–Trinajstić information content (AvgIpc) is 3.74. The van der Waals surface area contributed by atoms with Crippen molar-refractivity contribution < 1.29 is 4.42 Å². The lowest BCUT2D eigenvalue weighted by atomic mass is 9.98. The normalized spacial score (nSPS) is 14.4. The van der Waals surface area contributed by atoms with E-state index in [4.69, 9.17) is 9.41 Å². The van der Waals surface area contributed by atoms with Crippen LogP contribution in [0.5, 0.6) is 0 Å². The van der Waals surface area contributed by atoms with Crippen molar-refractivity contribution in [3.63, 3.8) is 0 Å². The molecule has 1 aliphatic heterocycles. The first-order valence-corrected chi connectivity index (χ1v) is 17.0. The molecule has 2 aromatic heterocycles. The van der Waals surface area contributed by atoms with Gasteiger partial charge in [0.15, 0.2) is 0 Å². The van der Waals surface area contributed by atoms with Gasteiger partial charge in [-0.15, -0.1) is 0 Å². The summed E-state index contributed by atoms with van der Waals surface area (Å²) >= 11 is 0. The van der Waals surface area contributed by atoms with Crippen molar-refractivity contribution in [1.29, 1.82) is 0 Å². The number of nitrogens with zero attached hydrogens (tertiary/aromatic N) is 2. The summed E-state index contributed by atoms with van der Waals surface area (Å²) < 4.78 is 8.72. The summed E-state index contributed by atoms with van der Waals surface area (Å²) in [5.41, 5.74) is 13.1. The molecule has 0 saturated carbocycles. The summed E-state index contributed by atoms with van der Waals surface area (Å²) in [6, 6.07) is 58.0. The van der Waals surface area contributed by atoms with E-state index in [0.29, 0.717) is 0 Å². The lowest BCUT2D eigenvalue weighted by Crippen LogP contribution is -2.25. The Morgan fingerprint density at radius 2 is 1.12 bits per heavy atom. The zero-order valence-corrected chi connectivity index (χ0v) is 27.1. The monoisotopic (exact) mass is 641 g/mol. The summed E-state index contributed by atoms with van der Waals surface area (Å²) in [5.74, 6) is 0. The molecule has 236 valence electrons. The summed E-state index contributed by atoms with van der Waals surface area (Å²) in [6.07, 6.45) is 3.77. The molecule has 0 fully saturated rings. The molecule has 1 aliphatic rings. The van der Waals surface area contributed by atoms with Crippen molar-refractivity contribution in [3.8, 4) is 33.4 Å². The second-order valence-electron chi connectivity index (χ2n) is 12.8. The van der Waals surface area contributed by atoms with Crippen molar-refractivity contribution in [2.75, 3.05) is 0 Å². The van der Waals surface area contributed by atoms with Crippen LogP contribution < -0.4 is 5.32 Å². The first-order chi connectivity index (χ1) is 24.8. The number of aromatic nitrogens is 1. The highest BCUT2D eigenvalue weighted by molar-refractivity contribution is 6.13. The summed E-state index contributed by atoms with van der Waals surface area (Å²) in [6.45, 7) is 0. The smallest absolute Gasteiger partial charge is 0.201 e. The Balaban J connectivity index is 1.02. The molecule has 50 heavy (non-hydrogen) atoms. The number of nitrogens with one attached hydrogen (secondary N) is 1. The first-order valence-electron chi connectivity index (χ1n) is 17.0. The third-order valence-electron chi connectivity index (χ3n) is 9.90. The fourth-order valence-corrected chi connectivity index (χ4v) is 7.48. The van der Waals surface area contributed by atoms with E-state index >= 15 is 0 Å². The quantitative estimate of drug-likeness (QED) is 0.203. The molecule has 7 aromatic carbocycles. The Morgan fingerprint density at radius 1 is 0.480 bits per heavy atom. The number of para-hydroxylation sites is 3. The van der Waals surface area contributed by atoms with Gasteiger partial charge in [0.05, 0.1) is 16.7 Å². The number of benzene rings is 7. The third-order valence-corrected chi connectivity index (χ3v) is 9.90. The predicted molar refractivity (Wildman–Crippen MR) is 207 cm³/mol. The lowest BCUT2D eigenvalue weighted by molar-refractivity contribution is 0.499. The van der Waals surface area contributed by atoms with Gasteiger partial charge in [-0.25, -0.2) is 4.99 Å². The Kier molecular flexibility index (Phi) is 6.53. The van der Waals surface area contributed by atoms with Crippen LogP contribution in [0.1, 0.15) is 11.9 Å². The summed E-state index contributed by atoms with van der Waals surface area (Å²) in [5, 5.41) is 8.17. The van der Waals surface area contributed by atoms with Gasteiger partial charge in [-0.05, 0) is 69.8 Å². The van der Waals surface area contributed by atoms with Crippen LogP contribution in [0.15, 0.2) is 185 Å². The Labute approximate surface area is 289 Å². The molecule has 9 aromatic rings. The Bertz CT molecular complexity index is 2780. The molecular formula is C46H31N3O. The Morgan fingerprint density at radius 3 is 1.98 bits per heavy atom. The van der Waals surface area contributed by atoms with Gasteiger partial charge in [0.2, 0.25) is 6.29 Å². The molecule has 4 heteroatoms. The molecule has 0 spiro atoms. The van der Waals surface area contributed by atoms with E-state index in [1.165, 1.54) is 33.0 Å². The van der Waals surface area contributed by atoms with Gasteiger partial charge in [0.25, 0.3) is 0 Å². The van der Waals surface area contributed by atoms with Crippen LogP contribution in [-0.2, 0) is 0 Å². The molecule has 3 heterocycles. The van der Waals surface area contributed by atoms with Crippen LogP contribution in [0, 0.1) is 0 Å². The number of aliphatic imine (C=N–C) groups is 1. The Hall–Kier alpha value is -6.65. The van der Waals surface area contributed by atoms with Gasteiger partial charge < -0.3 is 14.3 Å². The second-order valence-corrected chi connectivity index (χ2v) is 12.8. The molecule has 0 amide bonds. The van der Waals surface area contributed by atoms with Gasteiger partial charge >= 0.3 is 0 Å². The minimum Gasteiger partial charge on any atom is -0.455 e. The van der Waals surface area contributed by atoms with Crippen molar-refractivity contribution in [1.82, 2.24) is 9.88 Å². The van der Waals surface area contributed by atoms with Crippen molar-refractivity contribution >= 4 is 49.5 Å². The van der Waals surface area contributed by atoms with Crippen LogP contribution in [0.4, 0.5) is 0 Å². The minimum absolute atomic E-state index is 0.302. The minimum atomic E-state index is -0.302. The molecule has 1 N–H and O–H groups in total. The maximum Gasteiger partial charge on any atom is 0.201 e. The first kappa shape index (κ1) is 28.4. The van der Waals surface area contributed by atoms with Crippen LogP contribution in [0.25, 0.3) is 77.1 Å². The number of hydrogen-bond donors (Lipinski definition) is 1. The van der Waals surface area contributed by atoms with E-state index < -0.39 is 0 Å². The number of hydrogen-bond acceptors (Lipinski definition) is 3. The second kappa shape index (κ2) is 11.5. The van der Waals surface area contributed by atoms with Gasteiger partial charge in [-0.3, -0.25) is 0 Å². The van der Waals surface area contributed by atoms with Gasteiger partial charge in [-0.2, -0.15) is 0 Å². The zero-order valence-electron chi connectivity index (χ0n) is 27.1. The number of fused-ring (bicyclic) bond motifs is 6. The molecular weight excluding hydrogens is 611 g/mol. The topological polar surface area (TPSA) is 42.5 Å². The number of rotatable bonds is 5. The van der Waals surface area contributed by atoms with Crippen LogP contribution >= 0.6 is 0 Å². The molecule has 0 aliphatic carbocycles. The highest BCUT2D eigenvalue weighted by Crippen LogP contribution is 2.39. The largest absolute Gasteiger partial charge is 0.455 e. The summed E-state index contributed by atoms with van der Waals surface area (Å²) in [7, 11) is 0. The van der Waals surface area contributed by atoms with Crippen LogP contribution in [0.2, 0.25) is 0 Å². The number of allylic oxidation sites excluding steroid dienone is 1. The van der Waals surface area contributed by atoms with E-state index in [1.54, 1.807) is 0 Å². The fraction of sp³-hybridized carbons (Fsp3) is 0.0217. The third kappa shape index (κ3) is 4.65. The molecule has 1 unspecified atom stereocenters. The molecule has 0 saturated heterocycles. The maximum atomic E-state index is 6.41. The average molecular weight is 642 g/mol. The number of furan rings is 1. The summed E-state index contributed by atoms with van der Waals surface area (Å²) in [4.78, 5) is 5.26. The fourth-order valence-electron chi connectivity index (χ4n) is 7.48. The van der Waals surface area contributed by atoms with Crippen LogP contribution in [-0.4, -0.2) is 10.3 Å². The molecule has 0 radical (unpaired) electrons. The molecule has 0 bridgehead atoms. The SMILES string of the molecule is C1=CC(c2ccc(-c3cccc(-c4ccccc4)c3)cc2)=NC(n2c3ccccc3c3cc(-c4cccc5c4oc4ccccc45)ccc32)N1. The molecule has 10 rings (SSSR count). The van der Waals surface area contributed by atoms with Crippen molar-refractivity contribution in [2.45, 2.75) is 6.29 Å². The van der Waals surface area contributed by atoms with E-state index in [2.05, 4.69) is 168 Å². The highest BCUT2D eigenvalue weighted by Gasteiger charge is 2.21. The zero-order chi connectivity index (χ0) is 33.0. The maximum absolute atomic E-state index is 6.41. The standard InChI is InChI=1S/C46H31N3O/c1-2-10-30(11-3-1)33-12-8-13-34(28-33)31-20-22-32(23-21-31)41-26-27-47-46(48-41)49-42-18-6-4-14-37(42)40-29-35(24-25-43(40)49)36-16-9-17-39-38-15-5-7-19-44(38)50-45(36)39/h1-29,46-47H. The van der Waals surface area contributed by atoms with Crippen LogP contribution in [0.3, 0.4) is 0 Å². The van der Waals surface area contributed by atoms with E-state index in [0.717, 1.165) is 55.4 Å². The lowest BCUT2D eigenvalue weighted by Gasteiger charge is -2.22. The van der Waals surface area contributed by atoms with E-state index in [9.17, 15) is 0 Å². The van der Waals surface area contributed by atoms with E-state index in [1.807, 2.05) is 18.3 Å².